The number of hydrogen-bond acceptors (Lipinski definition) is 6. The first-order chi connectivity index (χ1) is 14.1. The molecule has 3 heterocycles. The van der Waals surface area contributed by atoms with E-state index in [1.54, 1.807) is 7.11 Å². The zero-order valence-electron chi connectivity index (χ0n) is 17.0. The Morgan fingerprint density at radius 3 is 2.79 bits per heavy atom. The Balaban J connectivity index is 1.81. The third kappa shape index (κ3) is 3.96. The first kappa shape index (κ1) is 19.4. The fourth-order valence-electron chi connectivity index (χ4n) is 3.61. The SMILES string of the molecule is COc1ccc(-c2cc(C(=O)NCC(C)C)c3c(C4CCCN4)noc3n2)cc1. The second kappa shape index (κ2) is 8.21. The molecule has 0 spiro atoms. The van der Waals surface area contributed by atoms with Gasteiger partial charge in [-0.15, -0.1) is 0 Å². The number of carbonyl (C=O) groups is 1. The lowest BCUT2D eigenvalue weighted by Crippen LogP contribution is -2.28. The number of methoxy groups -OCH3 is 1. The van der Waals surface area contributed by atoms with Crippen LogP contribution in [0.15, 0.2) is 34.9 Å². The molecule has 2 N–H and O–H groups in total. The van der Waals surface area contributed by atoms with E-state index in [2.05, 4.69) is 34.6 Å². The molecule has 1 amide bonds. The molecule has 2 aromatic heterocycles. The van der Waals surface area contributed by atoms with Crippen LogP contribution in [-0.4, -0.2) is 36.2 Å². The van der Waals surface area contributed by atoms with Gasteiger partial charge < -0.3 is 19.9 Å². The van der Waals surface area contributed by atoms with Gasteiger partial charge in [-0.25, -0.2) is 4.98 Å². The number of fused-ring (bicyclic) bond motifs is 1. The average Bonchev–Trinajstić information content (AvgIpc) is 3.40. The van der Waals surface area contributed by atoms with Crippen LogP contribution in [0.25, 0.3) is 22.4 Å². The van der Waals surface area contributed by atoms with E-state index in [-0.39, 0.29) is 11.9 Å². The zero-order valence-corrected chi connectivity index (χ0v) is 17.0. The number of nitrogens with zero attached hydrogens (tertiary/aromatic N) is 2. The number of benzene rings is 1. The number of pyridine rings is 1. The smallest absolute Gasteiger partial charge is 0.259 e. The summed E-state index contributed by atoms with van der Waals surface area (Å²) in [5.41, 5.74) is 3.24. The molecule has 1 aliphatic heterocycles. The molecule has 1 aromatic carbocycles. The van der Waals surface area contributed by atoms with Crippen LogP contribution < -0.4 is 15.4 Å². The van der Waals surface area contributed by atoms with Crippen molar-refractivity contribution in [1.29, 1.82) is 0 Å². The molecular weight excluding hydrogens is 368 g/mol. The number of amides is 1. The van der Waals surface area contributed by atoms with Crippen molar-refractivity contribution in [2.45, 2.75) is 32.7 Å². The summed E-state index contributed by atoms with van der Waals surface area (Å²) in [6.07, 6.45) is 2.04. The first-order valence-corrected chi connectivity index (χ1v) is 10.0. The summed E-state index contributed by atoms with van der Waals surface area (Å²) < 4.78 is 10.8. The van der Waals surface area contributed by atoms with E-state index in [1.165, 1.54) is 0 Å². The normalized spacial score (nSPS) is 16.5. The van der Waals surface area contributed by atoms with E-state index < -0.39 is 0 Å². The van der Waals surface area contributed by atoms with Gasteiger partial charge in [0.05, 0.1) is 29.8 Å². The van der Waals surface area contributed by atoms with E-state index in [0.717, 1.165) is 36.4 Å². The lowest BCUT2D eigenvalue weighted by atomic mass is 10.0. The Morgan fingerprint density at radius 2 is 2.14 bits per heavy atom. The minimum absolute atomic E-state index is 0.0848. The van der Waals surface area contributed by atoms with Gasteiger partial charge in [0, 0.05) is 12.1 Å². The molecular formula is C22H26N4O3. The van der Waals surface area contributed by atoms with Crippen LogP contribution in [0.3, 0.4) is 0 Å². The quantitative estimate of drug-likeness (QED) is 0.663. The van der Waals surface area contributed by atoms with Crippen LogP contribution in [0, 0.1) is 5.92 Å². The molecule has 1 saturated heterocycles. The van der Waals surface area contributed by atoms with E-state index in [9.17, 15) is 4.79 Å². The highest BCUT2D eigenvalue weighted by atomic mass is 16.5. The summed E-state index contributed by atoms with van der Waals surface area (Å²) in [7, 11) is 1.63. The molecule has 1 unspecified atom stereocenters. The van der Waals surface area contributed by atoms with Crippen molar-refractivity contribution in [1.82, 2.24) is 20.8 Å². The second-order valence-corrected chi connectivity index (χ2v) is 7.78. The maximum atomic E-state index is 13.1. The third-order valence-electron chi connectivity index (χ3n) is 5.16. The van der Waals surface area contributed by atoms with Gasteiger partial charge in [0.1, 0.15) is 11.4 Å². The lowest BCUT2D eigenvalue weighted by Gasteiger charge is -2.12. The highest BCUT2D eigenvalue weighted by Crippen LogP contribution is 2.33. The molecule has 152 valence electrons. The van der Waals surface area contributed by atoms with E-state index in [0.29, 0.717) is 34.8 Å². The third-order valence-corrected chi connectivity index (χ3v) is 5.16. The van der Waals surface area contributed by atoms with Crippen molar-refractivity contribution in [3.8, 4) is 17.0 Å². The summed E-state index contributed by atoms with van der Waals surface area (Å²) in [4.78, 5) is 17.7. The Bertz CT molecular complexity index is 1000. The lowest BCUT2D eigenvalue weighted by molar-refractivity contribution is 0.0950. The summed E-state index contributed by atoms with van der Waals surface area (Å²) in [6, 6.07) is 9.48. The number of ether oxygens (including phenoxy) is 1. The number of aromatic nitrogens is 2. The van der Waals surface area contributed by atoms with Crippen LogP contribution in [-0.2, 0) is 0 Å². The minimum atomic E-state index is -0.136. The van der Waals surface area contributed by atoms with E-state index in [1.807, 2.05) is 30.3 Å². The maximum absolute atomic E-state index is 13.1. The standard InChI is InChI=1S/C22H26N4O3/c1-13(2)12-24-21(27)16-11-18(14-6-8-15(28-3)9-7-14)25-22-19(16)20(26-29-22)17-5-4-10-23-17/h6-9,11,13,17,23H,4-5,10,12H2,1-3H3,(H,24,27). The van der Waals surface area contributed by atoms with Gasteiger partial charge in [-0.2, -0.15) is 0 Å². The Labute approximate surface area is 169 Å². The van der Waals surface area contributed by atoms with Gasteiger partial charge in [0.25, 0.3) is 11.6 Å². The largest absolute Gasteiger partial charge is 0.497 e. The molecule has 29 heavy (non-hydrogen) atoms. The fraction of sp³-hybridized carbons (Fsp3) is 0.409. The van der Waals surface area contributed by atoms with E-state index in [4.69, 9.17) is 9.26 Å². The second-order valence-electron chi connectivity index (χ2n) is 7.78. The highest BCUT2D eigenvalue weighted by Gasteiger charge is 2.27. The van der Waals surface area contributed by atoms with Gasteiger partial charge in [0.2, 0.25) is 0 Å². The fourth-order valence-corrected chi connectivity index (χ4v) is 3.61. The van der Waals surface area contributed by atoms with Crippen LogP contribution in [0.5, 0.6) is 5.75 Å². The minimum Gasteiger partial charge on any atom is -0.497 e. The molecule has 7 heteroatoms. The van der Waals surface area contributed by atoms with E-state index >= 15 is 0 Å². The molecule has 1 aliphatic rings. The topological polar surface area (TPSA) is 89.3 Å². The summed E-state index contributed by atoms with van der Waals surface area (Å²) in [6.45, 7) is 5.67. The predicted molar refractivity (Wildman–Crippen MR) is 111 cm³/mol. The number of nitrogens with one attached hydrogen (secondary N) is 2. The highest BCUT2D eigenvalue weighted by molar-refractivity contribution is 6.07. The molecule has 4 rings (SSSR count). The van der Waals surface area contributed by atoms with Gasteiger partial charge >= 0.3 is 0 Å². The maximum Gasteiger partial charge on any atom is 0.259 e. The van der Waals surface area contributed by atoms with Gasteiger partial charge in [-0.1, -0.05) is 19.0 Å². The van der Waals surface area contributed by atoms with Crippen LogP contribution in [0.4, 0.5) is 0 Å². The van der Waals surface area contributed by atoms with Crippen molar-refractivity contribution in [2.75, 3.05) is 20.2 Å². The van der Waals surface area contributed by atoms with Crippen molar-refractivity contribution in [3.63, 3.8) is 0 Å². The number of hydrogen-bond donors (Lipinski definition) is 2. The monoisotopic (exact) mass is 394 g/mol. The molecule has 0 bridgehead atoms. The average molecular weight is 394 g/mol. The van der Waals surface area contributed by atoms with Crippen molar-refractivity contribution < 1.29 is 14.1 Å². The van der Waals surface area contributed by atoms with Crippen molar-refractivity contribution in [3.05, 3.63) is 41.6 Å². The molecule has 3 aromatic rings. The first-order valence-electron chi connectivity index (χ1n) is 10.0. The molecule has 7 nitrogen and oxygen atoms in total. The molecule has 0 saturated carbocycles. The Kier molecular flexibility index (Phi) is 5.49. The van der Waals surface area contributed by atoms with Gasteiger partial charge in [-0.05, 0) is 55.6 Å². The number of rotatable bonds is 6. The molecule has 0 aliphatic carbocycles. The van der Waals surface area contributed by atoms with Crippen LogP contribution >= 0.6 is 0 Å². The Morgan fingerprint density at radius 1 is 1.34 bits per heavy atom. The van der Waals surface area contributed by atoms with Crippen molar-refractivity contribution >= 4 is 17.0 Å². The van der Waals surface area contributed by atoms with Crippen LogP contribution in [0.1, 0.15) is 48.8 Å². The predicted octanol–water partition coefficient (Wildman–Crippen LogP) is 3.71. The Hall–Kier alpha value is -2.93. The molecule has 0 radical (unpaired) electrons. The van der Waals surface area contributed by atoms with Gasteiger partial charge in [0.15, 0.2) is 0 Å². The molecule has 1 fully saturated rings. The van der Waals surface area contributed by atoms with Crippen molar-refractivity contribution in [2.24, 2.45) is 5.92 Å². The number of carbonyl (C=O) groups excluding carboxylic acids is 1. The summed E-state index contributed by atoms with van der Waals surface area (Å²) in [5.74, 6) is 0.984. The van der Waals surface area contributed by atoms with Gasteiger partial charge in [-0.3, -0.25) is 4.79 Å². The summed E-state index contributed by atoms with van der Waals surface area (Å²) in [5, 5.41) is 11.4. The van der Waals surface area contributed by atoms with Crippen LogP contribution in [0.2, 0.25) is 0 Å². The molecule has 1 atom stereocenters. The zero-order chi connectivity index (χ0) is 20.4. The summed E-state index contributed by atoms with van der Waals surface area (Å²) >= 11 is 0.